The van der Waals surface area contributed by atoms with Crippen molar-refractivity contribution >= 4 is 29.0 Å². The molecular weight excluding hydrogens is 360 g/mol. The van der Waals surface area contributed by atoms with Crippen molar-refractivity contribution in [3.63, 3.8) is 0 Å². The average Bonchev–Trinajstić information content (AvgIpc) is 3.28. The fourth-order valence-corrected chi connectivity index (χ4v) is 5.46. The molecule has 1 N–H and O–H groups in total. The maximum Gasteiger partial charge on any atom is 0.415 e. The predicted octanol–water partition coefficient (Wildman–Crippen LogP) is 2.50. The molecule has 0 aliphatic carbocycles. The fraction of sp³-hybridized carbons (Fsp3) is 0.562. The minimum Gasteiger partial charge on any atom is -0.452 e. The summed E-state index contributed by atoms with van der Waals surface area (Å²) in [5, 5.41) is 11.3. The van der Waals surface area contributed by atoms with Crippen LogP contribution in [-0.4, -0.2) is 53.3 Å². The number of hydrogen-bond donors (Lipinski definition) is 1. The van der Waals surface area contributed by atoms with E-state index in [0.29, 0.717) is 22.1 Å². The van der Waals surface area contributed by atoms with Gasteiger partial charge in [-0.25, -0.2) is 0 Å². The number of hydrogen-bond acceptors (Lipinski definition) is 8. The lowest BCUT2D eigenvalue weighted by Crippen LogP contribution is -2.62. The lowest BCUT2D eigenvalue weighted by molar-refractivity contribution is 0.0218. The van der Waals surface area contributed by atoms with Crippen LogP contribution in [0.5, 0.6) is 6.08 Å². The second-order valence-corrected chi connectivity index (χ2v) is 8.71. The summed E-state index contributed by atoms with van der Waals surface area (Å²) in [7, 11) is 1.48. The number of thiophene rings is 1. The number of carbonyl (C=O) groups is 1. The Labute approximate surface area is 154 Å². The summed E-state index contributed by atoms with van der Waals surface area (Å²) in [5.41, 5.74) is 0. The van der Waals surface area contributed by atoms with E-state index in [1.807, 2.05) is 12.1 Å². The Morgan fingerprint density at radius 3 is 2.88 bits per heavy atom. The van der Waals surface area contributed by atoms with Crippen LogP contribution in [0.2, 0.25) is 0 Å². The van der Waals surface area contributed by atoms with E-state index in [1.165, 1.54) is 43.1 Å². The molecule has 2 aromatic heterocycles. The molecule has 3 fully saturated rings. The van der Waals surface area contributed by atoms with Crippen LogP contribution in [0.1, 0.15) is 29.4 Å². The molecule has 0 saturated carbocycles. The topological polar surface area (TPSA) is 80.5 Å². The largest absolute Gasteiger partial charge is 0.452 e. The monoisotopic (exact) mass is 380 g/mol. The van der Waals surface area contributed by atoms with E-state index in [-0.39, 0.29) is 18.0 Å². The molecule has 0 spiro atoms. The first-order valence-electron chi connectivity index (χ1n) is 8.34. The third-order valence-electron chi connectivity index (χ3n) is 5.03. The van der Waals surface area contributed by atoms with Crippen LogP contribution >= 0.6 is 23.1 Å². The maximum atomic E-state index is 12.7. The van der Waals surface area contributed by atoms with Gasteiger partial charge in [0.25, 0.3) is 11.1 Å². The zero-order chi connectivity index (χ0) is 17.4. The highest BCUT2D eigenvalue weighted by Gasteiger charge is 2.40. The summed E-state index contributed by atoms with van der Waals surface area (Å²) in [4.78, 5) is 15.8. The molecule has 3 saturated heterocycles. The number of aromatic nitrogens is 2. The number of fused-ring (bicyclic) bond motifs is 3. The zero-order valence-corrected chi connectivity index (χ0v) is 15.7. The first kappa shape index (κ1) is 16.9. The van der Waals surface area contributed by atoms with Gasteiger partial charge in [-0.05, 0) is 62.7 Å². The van der Waals surface area contributed by atoms with Crippen molar-refractivity contribution in [2.45, 2.75) is 41.3 Å². The lowest BCUT2D eigenvalue weighted by atomic mass is 9.79. The van der Waals surface area contributed by atoms with Crippen molar-refractivity contribution in [3.8, 4) is 6.08 Å². The first-order chi connectivity index (χ1) is 12.1. The molecule has 2 bridgehead atoms. The Kier molecular flexibility index (Phi) is 4.70. The number of amides is 1. The van der Waals surface area contributed by atoms with Crippen LogP contribution in [0.25, 0.3) is 0 Å². The Hall–Kier alpha value is -1.58. The smallest absolute Gasteiger partial charge is 0.415 e. The molecule has 0 unspecified atom stereocenters. The summed E-state index contributed by atoms with van der Waals surface area (Å²) < 4.78 is 11.1. The van der Waals surface area contributed by atoms with Crippen LogP contribution in [0.3, 0.4) is 0 Å². The first-order valence-corrected chi connectivity index (χ1v) is 9.97. The van der Waals surface area contributed by atoms with Crippen LogP contribution in [0.4, 0.5) is 0 Å². The summed E-state index contributed by atoms with van der Waals surface area (Å²) in [6, 6.07) is 4.41. The van der Waals surface area contributed by atoms with Gasteiger partial charge in [0, 0.05) is 12.1 Å². The van der Waals surface area contributed by atoms with E-state index in [4.69, 9.17) is 9.15 Å². The number of rotatable bonds is 5. The Bertz CT molecular complexity index is 752. The summed E-state index contributed by atoms with van der Waals surface area (Å²) in [6.45, 7) is 4.53. The average molecular weight is 380 g/mol. The standard InChI is InChI=1S/C16H20N4O3S2/c1-9-13(10-5-7-20(9)8-6-10)17-14(21)11-3-4-12(24-11)25-16-19-18-15(22-2)23-16/h3-4,9-10,13H,5-8H2,1-2H3,(H,17,21)/t9-,13-/m0/s1. The zero-order valence-electron chi connectivity index (χ0n) is 14.1. The van der Waals surface area contributed by atoms with Gasteiger partial charge >= 0.3 is 6.08 Å². The maximum absolute atomic E-state index is 12.7. The minimum atomic E-state index is 0.00515. The number of methoxy groups -OCH3 is 1. The summed E-state index contributed by atoms with van der Waals surface area (Å²) >= 11 is 2.76. The van der Waals surface area contributed by atoms with Gasteiger partial charge in [0.1, 0.15) is 0 Å². The molecule has 3 aliphatic heterocycles. The highest BCUT2D eigenvalue weighted by molar-refractivity contribution is 8.01. The molecule has 5 rings (SSSR count). The van der Waals surface area contributed by atoms with Crippen molar-refractivity contribution in [3.05, 3.63) is 17.0 Å². The van der Waals surface area contributed by atoms with Gasteiger partial charge < -0.3 is 14.5 Å². The molecular formula is C16H20N4O3S2. The van der Waals surface area contributed by atoms with Gasteiger partial charge in [-0.1, -0.05) is 10.2 Å². The molecule has 2 atom stereocenters. The van der Waals surface area contributed by atoms with Crippen molar-refractivity contribution < 1.29 is 13.9 Å². The fourth-order valence-electron chi connectivity index (χ4n) is 3.67. The molecule has 134 valence electrons. The quantitative estimate of drug-likeness (QED) is 0.853. The third-order valence-corrected chi connectivity index (χ3v) is 7.09. The Balaban J connectivity index is 1.40. The lowest BCUT2D eigenvalue weighted by Gasteiger charge is -2.49. The molecule has 7 nitrogen and oxygen atoms in total. The molecule has 1 amide bonds. The van der Waals surface area contributed by atoms with Crippen molar-refractivity contribution in [1.29, 1.82) is 0 Å². The number of ether oxygens (including phenoxy) is 1. The van der Waals surface area contributed by atoms with E-state index < -0.39 is 0 Å². The van der Waals surface area contributed by atoms with Crippen LogP contribution in [0.15, 0.2) is 26.0 Å². The summed E-state index contributed by atoms with van der Waals surface area (Å²) in [6.07, 6.45) is 2.49. The second-order valence-electron chi connectivity index (χ2n) is 6.37. The van der Waals surface area contributed by atoms with Crippen molar-refractivity contribution in [2.24, 2.45) is 5.92 Å². The van der Waals surface area contributed by atoms with Gasteiger partial charge in [-0.2, -0.15) is 0 Å². The number of piperidine rings is 3. The molecule has 9 heteroatoms. The minimum absolute atomic E-state index is 0.00515. The van der Waals surface area contributed by atoms with Crippen LogP contribution in [-0.2, 0) is 0 Å². The Morgan fingerprint density at radius 2 is 2.20 bits per heavy atom. The van der Waals surface area contributed by atoms with E-state index in [2.05, 4.69) is 27.3 Å². The third kappa shape index (κ3) is 3.40. The van der Waals surface area contributed by atoms with Gasteiger partial charge in [0.05, 0.1) is 16.2 Å². The molecule has 0 aromatic carbocycles. The van der Waals surface area contributed by atoms with Gasteiger partial charge in [-0.15, -0.1) is 11.3 Å². The number of nitrogens with zero attached hydrogens (tertiary/aromatic N) is 3. The molecule has 25 heavy (non-hydrogen) atoms. The molecule has 0 radical (unpaired) electrons. The number of nitrogens with one attached hydrogen (secondary N) is 1. The van der Waals surface area contributed by atoms with E-state index >= 15 is 0 Å². The number of carbonyl (C=O) groups excluding carboxylic acids is 1. The predicted molar refractivity (Wildman–Crippen MR) is 94.3 cm³/mol. The summed E-state index contributed by atoms with van der Waals surface area (Å²) in [5.74, 6) is 0.606. The SMILES string of the molecule is COc1nnc(Sc2ccc(C(=O)N[C@@H]3C4CCN(CC4)[C@H]3C)s2)o1. The molecule has 5 heterocycles. The van der Waals surface area contributed by atoms with Crippen LogP contribution < -0.4 is 10.1 Å². The van der Waals surface area contributed by atoms with E-state index in [1.54, 1.807) is 0 Å². The highest BCUT2D eigenvalue weighted by Crippen LogP contribution is 2.35. The van der Waals surface area contributed by atoms with Gasteiger partial charge in [0.15, 0.2) is 0 Å². The second kappa shape index (κ2) is 6.97. The van der Waals surface area contributed by atoms with Crippen molar-refractivity contribution in [2.75, 3.05) is 20.2 Å². The van der Waals surface area contributed by atoms with Crippen LogP contribution in [0, 0.1) is 5.92 Å². The van der Waals surface area contributed by atoms with E-state index in [9.17, 15) is 4.79 Å². The normalized spacial score (nSPS) is 28.1. The highest BCUT2D eigenvalue weighted by atomic mass is 32.2. The van der Waals surface area contributed by atoms with Gasteiger partial charge in [-0.3, -0.25) is 9.69 Å². The van der Waals surface area contributed by atoms with Gasteiger partial charge in [0.2, 0.25) is 0 Å². The van der Waals surface area contributed by atoms with Crippen molar-refractivity contribution in [1.82, 2.24) is 20.4 Å². The Morgan fingerprint density at radius 1 is 1.40 bits per heavy atom. The van der Waals surface area contributed by atoms with E-state index in [0.717, 1.165) is 17.3 Å². The molecule has 3 aliphatic rings. The molecule has 2 aromatic rings.